The molecule has 0 aromatic heterocycles. The first kappa shape index (κ1) is 35.6. The number of nitrogens with one attached hydrogen (secondary N) is 1. The van der Waals surface area contributed by atoms with E-state index in [1.165, 1.54) is 0 Å². The first-order valence-electron chi connectivity index (χ1n) is 12.3. The Morgan fingerprint density at radius 1 is 0.565 bits per heavy atom. The Kier molecular flexibility index (Phi) is 12.3. The molecule has 46 heavy (non-hydrogen) atoms. The molecule has 1 N–H and O–H groups in total. The van der Waals surface area contributed by atoms with Crippen LogP contribution in [0.2, 0.25) is 0 Å². The van der Waals surface area contributed by atoms with Crippen molar-refractivity contribution in [2.24, 2.45) is 0 Å². The highest BCUT2D eigenvalue weighted by molar-refractivity contribution is 5.74. The number of ether oxygens (including phenoxy) is 5. The van der Waals surface area contributed by atoms with Crippen LogP contribution in [0.5, 0.6) is 11.5 Å². The molecule has 0 heterocycles. The van der Waals surface area contributed by atoms with Crippen LogP contribution in [0.4, 0.5) is 48.7 Å². The third-order valence-corrected chi connectivity index (χ3v) is 5.38. The van der Waals surface area contributed by atoms with Crippen LogP contribution in [-0.2, 0) is 30.4 Å². The average molecular weight is 673 g/mol. The van der Waals surface area contributed by atoms with E-state index < -0.39 is 120 Å². The number of benzene rings is 3. The first-order chi connectivity index (χ1) is 21.7. The Bertz CT molecular complexity index is 1460. The van der Waals surface area contributed by atoms with Crippen molar-refractivity contribution in [3.05, 3.63) is 94.1 Å². The molecule has 248 valence electrons. The molecule has 0 bridgehead atoms. The fraction of sp³-hybridized carbons (Fsp3) is 0.222. The maximum absolute atomic E-state index is 13.7. The predicted molar refractivity (Wildman–Crippen MR) is 129 cm³/mol. The van der Waals surface area contributed by atoms with Crippen molar-refractivity contribution in [1.29, 1.82) is 0 Å². The lowest BCUT2D eigenvalue weighted by molar-refractivity contribution is -0.140. The van der Waals surface area contributed by atoms with E-state index in [0.29, 0.717) is 5.56 Å². The Morgan fingerprint density at radius 2 is 0.935 bits per heavy atom. The number of hydrogen-bond acceptors (Lipinski definition) is 8. The second kappa shape index (κ2) is 15.9. The van der Waals surface area contributed by atoms with Gasteiger partial charge in [-0.05, 0) is 5.56 Å². The number of halogens is 10. The van der Waals surface area contributed by atoms with Gasteiger partial charge >= 0.3 is 18.0 Å². The molecule has 1 amide bonds. The van der Waals surface area contributed by atoms with Crippen molar-refractivity contribution in [3.63, 3.8) is 0 Å². The third-order valence-electron chi connectivity index (χ3n) is 5.38. The molecule has 0 radical (unpaired) electrons. The minimum atomic E-state index is -2.50. The number of rotatable bonds is 13. The Morgan fingerprint density at radius 3 is 1.33 bits per heavy atom. The fourth-order valence-electron chi connectivity index (χ4n) is 3.27. The van der Waals surface area contributed by atoms with E-state index in [1.807, 2.05) is 0 Å². The summed E-state index contributed by atoms with van der Waals surface area (Å²) in [6.07, 6.45) is -1.13. The van der Waals surface area contributed by atoms with Gasteiger partial charge in [-0.25, -0.2) is 40.7 Å². The highest BCUT2D eigenvalue weighted by atomic mass is 19.2. The molecule has 0 unspecified atom stereocenters. The molecule has 0 aliphatic carbocycles. The van der Waals surface area contributed by atoms with E-state index in [-0.39, 0.29) is 6.61 Å². The third kappa shape index (κ3) is 8.84. The summed E-state index contributed by atoms with van der Waals surface area (Å²) in [6, 6.07) is 6.79. The van der Waals surface area contributed by atoms with Crippen LogP contribution in [0.1, 0.15) is 5.56 Å². The molecule has 0 fully saturated rings. The summed E-state index contributed by atoms with van der Waals surface area (Å²) in [4.78, 5) is 36.1. The van der Waals surface area contributed by atoms with E-state index >= 15 is 0 Å². The van der Waals surface area contributed by atoms with Crippen molar-refractivity contribution >= 4 is 18.0 Å². The van der Waals surface area contributed by atoms with Crippen LogP contribution in [-0.4, -0.2) is 50.5 Å². The Labute approximate surface area is 250 Å². The summed E-state index contributed by atoms with van der Waals surface area (Å²) >= 11 is 0. The van der Waals surface area contributed by atoms with Gasteiger partial charge in [-0.15, -0.1) is 0 Å². The van der Waals surface area contributed by atoms with Gasteiger partial charge in [0.25, 0.3) is 0 Å². The highest BCUT2D eigenvalue weighted by Gasteiger charge is 2.30. The number of alkyl carbamates (subject to hydrolysis) is 1. The lowest BCUT2D eigenvalue weighted by Gasteiger charge is -2.19. The fourth-order valence-corrected chi connectivity index (χ4v) is 3.27. The molecule has 0 spiro atoms. The maximum Gasteiger partial charge on any atom is 0.407 e. The largest absolute Gasteiger partial charge is 0.445 e. The maximum atomic E-state index is 13.7. The SMILES string of the molecule is O=C(COCC(COCC(=O)Oc1c(F)c(F)c(F)c(F)c1F)NC(=O)OCc1ccccc1)Oc1c(F)c(F)c(F)c(F)c1F. The summed E-state index contributed by atoms with van der Waals surface area (Å²) in [5.74, 6) is -31.5. The van der Waals surface area contributed by atoms with Crippen LogP contribution in [0.25, 0.3) is 0 Å². The second-order valence-corrected chi connectivity index (χ2v) is 8.68. The minimum Gasteiger partial charge on any atom is -0.445 e. The van der Waals surface area contributed by atoms with Crippen LogP contribution in [0.15, 0.2) is 30.3 Å². The summed E-state index contributed by atoms with van der Waals surface area (Å²) in [6.45, 7) is -4.17. The van der Waals surface area contributed by atoms with Gasteiger partial charge in [-0.2, -0.15) is 17.6 Å². The van der Waals surface area contributed by atoms with Crippen molar-refractivity contribution < 1.29 is 82.0 Å². The molecule has 0 aliphatic rings. The number of carbonyl (C=O) groups is 3. The zero-order valence-electron chi connectivity index (χ0n) is 22.5. The monoisotopic (exact) mass is 673 g/mol. The molecule has 0 saturated heterocycles. The predicted octanol–water partition coefficient (Wildman–Crippen LogP) is 4.92. The Balaban J connectivity index is 1.60. The molecule has 3 aromatic carbocycles. The number of amides is 1. The molecule has 19 heteroatoms. The van der Waals surface area contributed by atoms with Gasteiger partial charge in [-0.3, -0.25) is 0 Å². The average Bonchev–Trinajstić information content (AvgIpc) is 3.04. The van der Waals surface area contributed by atoms with Crippen LogP contribution >= 0.6 is 0 Å². The van der Waals surface area contributed by atoms with Crippen molar-refractivity contribution in [3.8, 4) is 11.5 Å². The topological polar surface area (TPSA) is 109 Å². The Hall–Kier alpha value is -4.91. The first-order valence-corrected chi connectivity index (χ1v) is 12.3. The van der Waals surface area contributed by atoms with Gasteiger partial charge in [0.2, 0.25) is 69.7 Å². The summed E-state index contributed by atoms with van der Waals surface area (Å²) in [5, 5.41) is 2.18. The molecular formula is C27H17F10NO8. The number of carbonyl (C=O) groups excluding carboxylic acids is 3. The van der Waals surface area contributed by atoms with Crippen molar-refractivity contribution in [1.82, 2.24) is 5.32 Å². The van der Waals surface area contributed by atoms with E-state index in [1.54, 1.807) is 30.3 Å². The van der Waals surface area contributed by atoms with Crippen LogP contribution < -0.4 is 14.8 Å². The summed E-state index contributed by atoms with van der Waals surface area (Å²) in [5.41, 5.74) is 0.549. The number of esters is 2. The van der Waals surface area contributed by atoms with Crippen LogP contribution in [0.3, 0.4) is 0 Å². The van der Waals surface area contributed by atoms with Crippen molar-refractivity contribution in [2.45, 2.75) is 12.6 Å². The zero-order valence-corrected chi connectivity index (χ0v) is 22.5. The zero-order chi connectivity index (χ0) is 34.1. The van der Waals surface area contributed by atoms with Gasteiger partial charge in [0.15, 0.2) is 0 Å². The lowest BCUT2D eigenvalue weighted by Crippen LogP contribution is -2.42. The quantitative estimate of drug-likeness (QED) is 0.0897. The van der Waals surface area contributed by atoms with E-state index in [9.17, 15) is 58.3 Å². The van der Waals surface area contributed by atoms with E-state index in [0.717, 1.165) is 0 Å². The van der Waals surface area contributed by atoms with E-state index in [2.05, 4.69) is 14.8 Å². The molecule has 0 aliphatic heterocycles. The summed E-state index contributed by atoms with van der Waals surface area (Å²) < 4.78 is 158. The van der Waals surface area contributed by atoms with Gasteiger partial charge in [-0.1, -0.05) is 30.3 Å². The van der Waals surface area contributed by atoms with Gasteiger partial charge < -0.3 is 29.0 Å². The minimum absolute atomic E-state index is 0.246. The van der Waals surface area contributed by atoms with Gasteiger partial charge in [0, 0.05) is 0 Å². The molecule has 9 nitrogen and oxygen atoms in total. The van der Waals surface area contributed by atoms with Crippen LogP contribution in [0, 0.1) is 58.2 Å². The molecule has 3 aromatic rings. The lowest BCUT2D eigenvalue weighted by atomic mass is 10.2. The molecular weight excluding hydrogens is 656 g/mol. The second-order valence-electron chi connectivity index (χ2n) is 8.68. The van der Waals surface area contributed by atoms with Crippen molar-refractivity contribution in [2.75, 3.05) is 26.4 Å². The van der Waals surface area contributed by atoms with Gasteiger partial charge in [0.1, 0.15) is 19.8 Å². The smallest absolute Gasteiger partial charge is 0.407 e. The standard InChI is InChI=1S/C27H17F10NO8/c28-15-17(30)21(34)25(22(35)18(15)31)45-13(39)9-42-7-12(38-27(41)44-6-11-4-2-1-3-5-11)8-43-10-14(40)46-26-23(36)19(32)16(29)20(33)24(26)37/h1-5,12H,6-10H2,(H,38,41). The molecule has 3 rings (SSSR count). The normalized spacial score (nSPS) is 11.0. The molecule has 0 atom stereocenters. The summed E-state index contributed by atoms with van der Waals surface area (Å²) in [7, 11) is 0. The number of hydrogen-bond donors (Lipinski definition) is 1. The van der Waals surface area contributed by atoms with E-state index in [4.69, 9.17) is 14.2 Å². The highest BCUT2D eigenvalue weighted by Crippen LogP contribution is 2.30. The van der Waals surface area contributed by atoms with Gasteiger partial charge in [0.05, 0.1) is 19.3 Å². The molecule has 0 saturated carbocycles.